The number of hydrogen-bond acceptors (Lipinski definition) is 3. The van der Waals surface area contributed by atoms with Crippen LogP contribution in [0.5, 0.6) is 0 Å². The molecule has 1 N–H and O–H groups in total. The molecule has 0 bridgehead atoms. The Morgan fingerprint density at radius 2 is 1.32 bits per heavy atom. The quantitative estimate of drug-likeness (QED) is 0.369. The first kappa shape index (κ1) is 30.4. The van der Waals surface area contributed by atoms with Crippen molar-refractivity contribution in [1.82, 2.24) is 10.2 Å². The molecular weight excluding hydrogens is 460 g/mol. The Bertz CT molecular complexity index is 855. The molecule has 5 heteroatoms. The smallest absolute Gasteiger partial charge is 0.410 e. The lowest BCUT2D eigenvalue weighted by molar-refractivity contribution is -0.127. The third-order valence-corrected chi connectivity index (χ3v) is 6.59. The Morgan fingerprint density at radius 3 is 1.76 bits per heavy atom. The van der Waals surface area contributed by atoms with Crippen LogP contribution in [0.4, 0.5) is 4.79 Å². The van der Waals surface area contributed by atoms with E-state index in [4.69, 9.17) is 4.74 Å². The van der Waals surface area contributed by atoms with E-state index < -0.39 is 5.60 Å². The van der Waals surface area contributed by atoms with Crippen molar-refractivity contribution in [3.8, 4) is 0 Å². The summed E-state index contributed by atoms with van der Waals surface area (Å²) in [5.41, 5.74) is 2.19. The van der Waals surface area contributed by atoms with Crippen LogP contribution in [-0.4, -0.2) is 41.6 Å². The molecule has 1 aliphatic heterocycles. The summed E-state index contributed by atoms with van der Waals surface area (Å²) in [5, 5.41) is 3.37. The van der Waals surface area contributed by atoms with Crippen LogP contribution in [0.1, 0.15) is 84.3 Å². The molecule has 37 heavy (non-hydrogen) atoms. The van der Waals surface area contributed by atoms with Gasteiger partial charge in [-0.1, -0.05) is 74.5 Å². The average molecular weight is 509 g/mol. The van der Waals surface area contributed by atoms with E-state index in [1.54, 1.807) is 4.90 Å². The molecule has 2 amide bonds. The van der Waals surface area contributed by atoms with Gasteiger partial charge >= 0.3 is 6.09 Å². The van der Waals surface area contributed by atoms with Gasteiger partial charge in [-0.2, -0.15) is 0 Å². The maximum atomic E-state index is 13.1. The van der Waals surface area contributed by atoms with Crippen LogP contribution in [0, 0.1) is 5.92 Å². The molecule has 1 saturated heterocycles. The fourth-order valence-corrected chi connectivity index (χ4v) is 4.65. The molecule has 5 nitrogen and oxygen atoms in total. The molecule has 1 aliphatic rings. The van der Waals surface area contributed by atoms with Gasteiger partial charge in [-0.3, -0.25) is 4.79 Å². The van der Waals surface area contributed by atoms with Gasteiger partial charge < -0.3 is 15.0 Å². The number of nitrogens with zero attached hydrogens (tertiary/aromatic N) is 1. The van der Waals surface area contributed by atoms with Crippen molar-refractivity contribution in [1.29, 1.82) is 0 Å². The first-order valence-electron chi connectivity index (χ1n) is 14.2. The van der Waals surface area contributed by atoms with Gasteiger partial charge in [0.2, 0.25) is 5.91 Å². The fourth-order valence-electron chi connectivity index (χ4n) is 4.65. The molecule has 0 saturated carbocycles. The number of ether oxygens (including phenoxy) is 1. The second-order valence-electron chi connectivity index (χ2n) is 10.7. The molecule has 2 aromatic rings. The van der Waals surface area contributed by atoms with Crippen LogP contribution >= 0.6 is 0 Å². The zero-order valence-electron chi connectivity index (χ0n) is 23.7. The molecule has 0 unspecified atom stereocenters. The predicted molar refractivity (Wildman–Crippen MR) is 153 cm³/mol. The number of amides is 2. The van der Waals surface area contributed by atoms with Gasteiger partial charge in [0.1, 0.15) is 5.60 Å². The first-order chi connectivity index (χ1) is 17.8. The van der Waals surface area contributed by atoms with Gasteiger partial charge in [-0.05, 0) is 83.3 Å². The minimum Gasteiger partial charge on any atom is -0.444 e. The Labute approximate surface area is 225 Å². The maximum Gasteiger partial charge on any atom is 0.410 e. The van der Waals surface area contributed by atoms with E-state index in [1.807, 2.05) is 46.8 Å². The van der Waals surface area contributed by atoms with Crippen LogP contribution in [0.2, 0.25) is 0 Å². The van der Waals surface area contributed by atoms with E-state index in [0.29, 0.717) is 25.9 Å². The Balaban J connectivity index is 0.00000235. The Morgan fingerprint density at radius 1 is 0.865 bits per heavy atom. The molecule has 1 fully saturated rings. The van der Waals surface area contributed by atoms with Gasteiger partial charge in [0, 0.05) is 25.0 Å². The van der Waals surface area contributed by atoms with Crippen LogP contribution in [-0.2, 0) is 22.4 Å². The highest BCUT2D eigenvalue weighted by Crippen LogP contribution is 2.21. The lowest BCUT2D eigenvalue weighted by Crippen LogP contribution is -2.46. The molecule has 2 aromatic carbocycles. The van der Waals surface area contributed by atoms with Crippen molar-refractivity contribution < 1.29 is 14.3 Å². The highest BCUT2D eigenvalue weighted by atomic mass is 16.6. The Hall–Kier alpha value is -2.82. The standard InChI is InChI=1S/C30H42N2O3.C2H6/c1-30(2,3)35-29(34)32-22-20-26(21-23-32)28(33)31-27(18-10-16-24-12-6-4-7-13-24)19-11-17-25-14-8-5-9-15-25;1-2/h4-9,12-15,26-27H,10-11,16-23H2,1-3H3,(H,31,33);1-2H3. The lowest BCUT2D eigenvalue weighted by atomic mass is 9.94. The van der Waals surface area contributed by atoms with Gasteiger partial charge in [0.05, 0.1) is 0 Å². The molecule has 0 aliphatic carbocycles. The second kappa shape index (κ2) is 16.1. The maximum absolute atomic E-state index is 13.1. The monoisotopic (exact) mass is 508 g/mol. The zero-order valence-corrected chi connectivity index (χ0v) is 23.7. The van der Waals surface area contributed by atoms with Crippen molar-refractivity contribution in [2.24, 2.45) is 5.92 Å². The second-order valence-corrected chi connectivity index (χ2v) is 10.7. The summed E-state index contributed by atoms with van der Waals surface area (Å²) in [4.78, 5) is 27.2. The minimum atomic E-state index is -0.502. The van der Waals surface area contributed by atoms with Crippen molar-refractivity contribution in [3.05, 3.63) is 71.8 Å². The number of likely N-dealkylation sites (tertiary alicyclic amines) is 1. The van der Waals surface area contributed by atoms with Gasteiger partial charge in [0.15, 0.2) is 0 Å². The molecule has 0 atom stereocenters. The highest BCUT2D eigenvalue weighted by Gasteiger charge is 2.30. The number of hydrogen-bond donors (Lipinski definition) is 1. The topological polar surface area (TPSA) is 58.6 Å². The molecule has 0 aromatic heterocycles. The zero-order chi connectivity index (χ0) is 27.1. The van der Waals surface area contributed by atoms with E-state index in [2.05, 4.69) is 53.8 Å². The summed E-state index contributed by atoms with van der Waals surface area (Å²) in [6.07, 6.45) is 7.21. The van der Waals surface area contributed by atoms with E-state index >= 15 is 0 Å². The first-order valence-corrected chi connectivity index (χ1v) is 14.2. The number of benzene rings is 2. The molecular formula is C32H48N2O3. The average Bonchev–Trinajstić information content (AvgIpc) is 2.90. The van der Waals surface area contributed by atoms with Gasteiger partial charge in [0.25, 0.3) is 0 Å². The van der Waals surface area contributed by atoms with E-state index in [-0.39, 0.29) is 24.0 Å². The molecule has 204 valence electrons. The third-order valence-electron chi connectivity index (χ3n) is 6.59. The predicted octanol–water partition coefficient (Wildman–Crippen LogP) is 7.19. The summed E-state index contributed by atoms with van der Waals surface area (Å²) in [5.74, 6) is 0.0951. The molecule has 3 rings (SSSR count). The number of carbonyl (C=O) groups is 2. The summed E-state index contributed by atoms with van der Waals surface area (Å²) in [7, 11) is 0. The number of carbonyl (C=O) groups excluding carboxylic acids is 2. The molecule has 0 spiro atoms. The van der Waals surface area contributed by atoms with Crippen LogP contribution in [0.25, 0.3) is 0 Å². The van der Waals surface area contributed by atoms with Crippen LogP contribution in [0.15, 0.2) is 60.7 Å². The third kappa shape index (κ3) is 11.8. The van der Waals surface area contributed by atoms with Crippen LogP contribution in [0.3, 0.4) is 0 Å². The summed E-state index contributed by atoms with van der Waals surface area (Å²) in [6, 6.07) is 21.3. The van der Waals surface area contributed by atoms with Gasteiger partial charge in [-0.25, -0.2) is 4.79 Å². The largest absolute Gasteiger partial charge is 0.444 e. The fraction of sp³-hybridized carbons (Fsp3) is 0.562. The summed E-state index contributed by atoms with van der Waals surface area (Å²) >= 11 is 0. The van der Waals surface area contributed by atoms with Crippen molar-refractivity contribution in [2.45, 2.75) is 97.6 Å². The molecule has 0 radical (unpaired) electrons. The molecule has 1 heterocycles. The summed E-state index contributed by atoms with van der Waals surface area (Å²) in [6.45, 7) is 10.8. The number of rotatable bonds is 10. The SMILES string of the molecule is CC.CC(C)(C)OC(=O)N1CCC(C(=O)NC(CCCc2ccccc2)CCCc2ccccc2)CC1. The normalized spacial score (nSPS) is 14.1. The Kier molecular flexibility index (Phi) is 13.2. The lowest BCUT2D eigenvalue weighted by Gasteiger charge is -2.33. The van der Waals surface area contributed by atoms with Crippen molar-refractivity contribution in [3.63, 3.8) is 0 Å². The van der Waals surface area contributed by atoms with E-state index in [9.17, 15) is 9.59 Å². The number of nitrogens with one attached hydrogen (secondary N) is 1. The van der Waals surface area contributed by atoms with Crippen molar-refractivity contribution in [2.75, 3.05) is 13.1 Å². The number of piperidine rings is 1. The van der Waals surface area contributed by atoms with E-state index in [1.165, 1.54) is 11.1 Å². The minimum absolute atomic E-state index is 0.0422. The van der Waals surface area contributed by atoms with E-state index in [0.717, 1.165) is 38.5 Å². The van der Waals surface area contributed by atoms with Crippen molar-refractivity contribution >= 4 is 12.0 Å². The van der Waals surface area contributed by atoms with Crippen LogP contribution < -0.4 is 5.32 Å². The highest BCUT2D eigenvalue weighted by molar-refractivity contribution is 5.79. The van der Waals surface area contributed by atoms with Gasteiger partial charge in [-0.15, -0.1) is 0 Å². The number of aryl methyl sites for hydroxylation is 2. The summed E-state index contributed by atoms with van der Waals surface area (Å²) < 4.78 is 5.49.